The summed E-state index contributed by atoms with van der Waals surface area (Å²) in [6.45, 7) is 9.18. The number of hydrogen-bond acceptors (Lipinski definition) is 2. The summed E-state index contributed by atoms with van der Waals surface area (Å²) in [5, 5.41) is 0. The molecule has 0 aliphatic heterocycles. The Kier molecular flexibility index (Phi) is 4.88. The monoisotopic (exact) mass is 233 g/mol. The minimum Gasteiger partial charge on any atom is -0.297 e. The molecule has 0 N–H and O–H groups in total. The third kappa shape index (κ3) is 3.40. The summed E-state index contributed by atoms with van der Waals surface area (Å²) in [5.74, 6) is 0.212. The van der Waals surface area contributed by atoms with Gasteiger partial charge in [-0.2, -0.15) is 0 Å². The van der Waals surface area contributed by atoms with Crippen molar-refractivity contribution in [1.82, 2.24) is 4.90 Å². The highest BCUT2D eigenvalue weighted by atomic mass is 16.1. The maximum atomic E-state index is 12.3. The molecule has 1 aromatic rings. The number of nitrogens with zero attached hydrogens (tertiary/aromatic N) is 1. The van der Waals surface area contributed by atoms with Crippen LogP contribution in [0.1, 0.15) is 41.8 Å². The van der Waals surface area contributed by atoms with Crippen LogP contribution in [-0.2, 0) is 0 Å². The van der Waals surface area contributed by atoms with Gasteiger partial charge >= 0.3 is 0 Å². The van der Waals surface area contributed by atoms with Gasteiger partial charge in [-0.05, 0) is 58.0 Å². The van der Waals surface area contributed by atoms with E-state index in [0.29, 0.717) is 0 Å². The first-order chi connectivity index (χ1) is 7.97. The zero-order valence-corrected chi connectivity index (χ0v) is 11.6. The van der Waals surface area contributed by atoms with E-state index in [1.807, 2.05) is 39.1 Å². The molecule has 0 radical (unpaired) electrons. The summed E-state index contributed by atoms with van der Waals surface area (Å²) < 4.78 is 0. The Bertz CT molecular complexity index is 398. The molecule has 0 amide bonds. The van der Waals surface area contributed by atoms with Crippen LogP contribution in [0.5, 0.6) is 0 Å². The topological polar surface area (TPSA) is 20.3 Å². The Morgan fingerprint density at radius 2 is 1.94 bits per heavy atom. The Balaban J connectivity index is 2.85. The molecule has 0 heterocycles. The molecule has 2 heteroatoms. The Morgan fingerprint density at radius 1 is 1.29 bits per heavy atom. The molecular weight excluding hydrogens is 210 g/mol. The van der Waals surface area contributed by atoms with Gasteiger partial charge in [-0.3, -0.25) is 9.69 Å². The van der Waals surface area contributed by atoms with Crippen molar-refractivity contribution in [3.63, 3.8) is 0 Å². The molecule has 0 aliphatic rings. The summed E-state index contributed by atoms with van der Waals surface area (Å²) in [7, 11) is 2.01. The highest BCUT2D eigenvalue weighted by Gasteiger charge is 2.19. The van der Waals surface area contributed by atoms with Crippen LogP contribution in [0.4, 0.5) is 0 Å². The molecule has 0 saturated heterocycles. The number of hydrogen-bond donors (Lipinski definition) is 0. The minimum absolute atomic E-state index is 0.0444. The summed E-state index contributed by atoms with van der Waals surface area (Å²) >= 11 is 0. The second kappa shape index (κ2) is 5.97. The van der Waals surface area contributed by atoms with Crippen molar-refractivity contribution in [2.24, 2.45) is 0 Å². The minimum atomic E-state index is -0.0444. The number of ketones is 1. The van der Waals surface area contributed by atoms with Gasteiger partial charge < -0.3 is 0 Å². The lowest BCUT2D eigenvalue weighted by Crippen LogP contribution is -2.36. The Morgan fingerprint density at radius 3 is 2.47 bits per heavy atom. The van der Waals surface area contributed by atoms with Crippen LogP contribution in [0.25, 0.3) is 0 Å². The van der Waals surface area contributed by atoms with Crippen LogP contribution in [0, 0.1) is 13.8 Å². The summed E-state index contributed by atoms with van der Waals surface area (Å²) in [5.41, 5.74) is 3.24. The standard InChI is InChI=1S/C15H23NO/c1-6-9-16(5)13(4)15(17)14-8-7-11(2)12(3)10-14/h7-8,10,13H,6,9H2,1-5H3. The zero-order valence-electron chi connectivity index (χ0n) is 11.6. The molecule has 17 heavy (non-hydrogen) atoms. The number of likely N-dealkylation sites (N-methyl/N-ethyl adjacent to an activating group) is 1. The van der Waals surface area contributed by atoms with Crippen molar-refractivity contribution in [3.05, 3.63) is 34.9 Å². The second-order valence-corrected chi connectivity index (χ2v) is 4.82. The van der Waals surface area contributed by atoms with Crippen LogP contribution in [0.2, 0.25) is 0 Å². The lowest BCUT2D eigenvalue weighted by atomic mass is 10.00. The van der Waals surface area contributed by atoms with E-state index in [1.54, 1.807) is 0 Å². The number of carbonyl (C=O) groups excluding carboxylic acids is 1. The first-order valence-electron chi connectivity index (χ1n) is 6.29. The molecule has 1 unspecified atom stereocenters. The highest BCUT2D eigenvalue weighted by molar-refractivity contribution is 6.00. The third-order valence-corrected chi connectivity index (χ3v) is 3.41. The van der Waals surface area contributed by atoms with E-state index in [0.717, 1.165) is 18.5 Å². The fraction of sp³-hybridized carbons (Fsp3) is 0.533. The molecule has 0 saturated carbocycles. The molecule has 1 aromatic carbocycles. The van der Waals surface area contributed by atoms with Crippen LogP contribution < -0.4 is 0 Å². The van der Waals surface area contributed by atoms with Crippen LogP contribution in [0.15, 0.2) is 18.2 Å². The summed E-state index contributed by atoms with van der Waals surface area (Å²) in [4.78, 5) is 14.4. The normalized spacial score (nSPS) is 12.8. The van der Waals surface area contributed by atoms with Gasteiger partial charge in [0.25, 0.3) is 0 Å². The Labute approximate surface area is 105 Å². The van der Waals surface area contributed by atoms with Gasteiger partial charge in [0.15, 0.2) is 5.78 Å². The average molecular weight is 233 g/mol. The van der Waals surface area contributed by atoms with Gasteiger partial charge in [-0.25, -0.2) is 0 Å². The summed E-state index contributed by atoms with van der Waals surface area (Å²) in [6, 6.07) is 5.90. The van der Waals surface area contributed by atoms with Crippen molar-refractivity contribution < 1.29 is 4.79 Å². The third-order valence-electron chi connectivity index (χ3n) is 3.41. The smallest absolute Gasteiger partial charge is 0.179 e. The van der Waals surface area contributed by atoms with Gasteiger partial charge in [-0.1, -0.05) is 19.1 Å². The van der Waals surface area contributed by atoms with Gasteiger partial charge in [-0.15, -0.1) is 0 Å². The van der Waals surface area contributed by atoms with Gasteiger partial charge in [0.1, 0.15) is 0 Å². The van der Waals surface area contributed by atoms with Gasteiger partial charge in [0.2, 0.25) is 0 Å². The molecule has 0 aromatic heterocycles. The van der Waals surface area contributed by atoms with E-state index in [4.69, 9.17) is 0 Å². The maximum Gasteiger partial charge on any atom is 0.179 e. The fourth-order valence-corrected chi connectivity index (χ4v) is 1.88. The SMILES string of the molecule is CCCN(C)C(C)C(=O)c1ccc(C)c(C)c1. The largest absolute Gasteiger partial charge is 0.297 e. The quantitative estimate of drug-likeness (QED) is 0.728. The average Bonchev–Trinajstić information content (AvgIpc) is 2.31. The lowest BCUT2D eigenvalue weighted by Gasteiger charge is -2.23. The van der Waals surface area contributed by atoms with Crippen LogP contribution in [0.3, 0.4) is 0 Å². The van der Waals surface area contributed by atoms with Crippen molar-refractivity contribution >= 4 is 5.78 Å². The second-order valence-electron chi connectivity index (χ2n) is 4.82. The fourth-order valence-electron chi connectivity index (χ4n) is 1.88. The number of benzene rings is 1. The van der Waals surface area contributed by atoms with E-state index in [9.17, 15) is 4.79 Å². The van der Waals surface area contributed by atoms with Crippen molar-refractivity contribution in [2.75, 3.05) is 13.6 Å². The van der Waals surface area contributed by atoms with Gasteiger partial charge in [0, 0.05) is 5.56 Å². The Hall–Kier alpha value is -1.15. The van der Waals surface area contributed by atoms with E-state index in [1.165, 1.54) is 11.1 Å². The van der Waals surface area contributed by atoms with Gasteiger partial charge in [0.05, 0.1) is 6.04 Å². The van der Waals surface area contributed by atoms with Crippen molar-refractivity contribution in [3.8, 4) is 0 Å². The molecule has 94 valence electrons. The first kappa shape index (κ1) is 13.9. The first-order valence-corrected chi connectivity index (χ1v) is 6.29. The van der Waals surface area contributed by atoms with Crippen molar-refractivity contribution in [2.45, 2.75) is 40.2 Å². The number of carbonyl (C=O) groups is 1. The van der Waals surface area contributed by atoms with E-state index >= 15 is 0 Å². The molecule has 2 nitrogen and oxygen atoms in total. The predicted octanol–water partition coefficient (Wildman–Crippen LogP) is 3.22. The molecule has 0 spiro atoms. The maximum absolute atomic E-state index is 12.3. The molecular formula is C15H23NO. The molecule has 0 aliphatic carbocycles. The molecule has 1 atom stereocenters. The molecule has 1 rings (SSSR count). The van der Waals surface area contributed by atoms with E-state index < -0.39 is 0 Å². The zero-order chi connectivity index (χ0) is 13.0. The predicted molar refractivity (Wildman–Crippen MR) is 72.6 cm³/mol. The lowest BCUT2D eigenvalue weighted by molar-refractivity contribution is 0.0869. The molecule has 0 fully saturated rings. The number of aryl methyl sites for hydroxylation is 2. The van der Waals surface area contributed by atoms with E-state index in [-0.39, 0.29) is 11.8 Å². The summed E-state index contributed by atoms with van der Waals surface area (Å²) in [6.07, 6.45) is 1.07. The van der Waals surface area contributed by atoms with Crippen LogP contribution >= 0.6 is 0 Å². The number of rotatable bonds is 5. The van der Waals surface area contributed by atoms with Crippen molar-refractivity contribution in [1.29, 1.82) is 0 Å². The molecule has 0 bridgehead atoms. The van der Waals surface area contributed by atoms with E-state index in [2.05, 4.69) is 18.7 Å². The van der Waals surface area contributed by atoms with Crippen LogP contribution in [-0.4, -0.2) is 30.3 Å². The number of Topliss-reactive ketones (excluding diaryl/α,β-unsaturated/α-hetero) is 1. The highest BCUT2D eigenvalue weighted by Crippen LogP contribution is 2.13.